The van der Waals surface area contributed by atoms with E-state index in [0.29, 0.717) is 42.1 Å². The molecular weight excluding hydrogens is 420 g/mol. The van der Waals surface area contributed by atoms with E-state index in [1.165, 1.54) is 7.11 Å². The van der Waals surface area contributed by atoms with Crippen molar-refractivity contribution in [2.45, 2.75) is 24.9 Å². The molecule has 0 saturated carbocycles. The number of methoxy groups -OCH3 is 1. The molecule has 8 nitrogen and oxygen atoms in total. The number of nitrogens with two attached hydrogens (primary N) is 1. The van der Waals surface area contributed by atoms with Crippen LogP contribution in [0.1, 0.15) is 34.6 Å². The molecule has 1 atom stereocenters. The second-order valence-electron chi connectivity index (χ2n) is 7.94. The molecule has 0 spiro atoms. The number of likely N-dealkylation sites (tertiary alicyclic amines) is 1. The highest BCUT2D eigenvalue weighted by Crippen LogP contribution is 2.36. The summed E-state index contributed by atoms with van der Waals surface area (Å²) in [6.45, 7) is 0.827. The Labute approximate surface area is 192 Å². The number of benzene rings is 1. The van der Waals surface area contributed by atoms with Crippen LogP contribution in [0.3, 0.4) is 0 Å². The van der Waals surface area contributed by atoms with Gasteiger partial charge in [0.25, 0.3) is 5.91 Å². The van der Waals surface area contributed by atoms with Gasteiger partial charge < -0.3 is 20.1 Å². The van der Waals surface area contributed by atoms with E-state index >= 15 is 0 Å². The van der Waals surface area contributed by atoms with Gasteiger partial charge in [-0.05, 0) is 49.2 Å². The number of piperidine rings is 1. The van der Waals surface area contributed by atoms with Gasteiger partial charge in [-0.1, -0.05) is 18.2 Å². The van der Waals surface area contributed by atoms with Gasteiger partial charge >= 0.3 is 0 Å². The summed E-state index contributed by atoms with van der Waals surface area (Å²) in [4.78, 5) is 36.5. The van der Waals surface area contributed by atoms with E-state index < -0.39 is 11.3 Å². The maximum Gasteiger partial charge on any atom is 0.257 e. The maximum atomic E-state index is 13.6. The van der Waals surface area contributed by atoms with E-state index in [2.05, 4.69) is 9.97 Å². The fraction of sp³-hybridized carbons (Fsp3) is 0.280. The summed E-state index contributed by atoms with van der Waals surface area (Å²) in [5.74, 6) is 0.0329. The van der Waals surface area contributed by atoms with E-state index in [-0.39, 0.29) is 19.1 Å². The van der Waals surface area contributed by atoms with E-state index in [1.807, 2.05) is 24.3 Å². The highest BCUT2D eigenvalue weighted by Gasteiger charge is 2.45. The van der Waals surface area contributed by atoms with Crippen molar-refractivity contribution in [1.82, 2.24) is 14.9 Å². The van der Waals surface area contributed by atoms with Crippen molar-refractivity contribution >= 4 is 11.8 Å². The summed E-state index contributed by atoms with van der Waals surface area (Å²) in [6.07, 6.45) is 4.47. The predicted molar refractivity (Wildman–Crippen MR) is 122 cm³/mol. The average molecular weight is 447 g/mol. The number of hydrogen-bond donors (Lipinski definition) is 1. The lowest BCUT2D eigenvalue weighted by Gasteiger charge is -2.40. The Kier molecular flexibility index (Phi) is 6.53. The molecule has 0 radical (unpaired) electrons. The minimum Gasteiger partial charge on any atom is -0.493 e. The summed E-state index contributed by atoms with van der Waals surface area (Å²) < 4.78 is 11.5. The largest absolute Gasteiger partial charge is 0.493 e. The van der Waals surface area contributed by atoms with Gasteiger partial charge in [-0.3, -0.25) is 19.6 Å². The van der Waals surface area contributed by atoms with E-state index in [0.717, 1.165) is 5.69 Å². The SMILES string of the molecule is COc1cccc(C(=O)N2CCCC(C(N)=O)(c3ccccn3)C2)c1OCc1ccccn1. The molecule has 3 heterocycles. The molecule has 1 aromatic carbocycles. The third kappa shape index (κ3) is 4.50. The Morgan fingerprint density at radius 3 is 2.52 bits per heavy atom. The number of nitrogens with zero attached hydrogens (tertiary/aromatic N) is 3. The van der Waals surface area contributed by atoms with Gasteiger partial charge in [0.1, 0.15) is 12.0 Å². The van der Waals surface area contributed by atoms with Crippen molar-refractivity contribution in [1.29, 1.82) is 0 Å². The highest BCUT2D eigenvalue weighted by molar-refractivity contribution is 5.98. The van der Waals surface area contributed by atoms with Crippen LogP contribution in [0.2, 0.25) is 0 Å². The normalized spacial score (nSPS) is 17.9. The van der Waals surface area contributed by atoms with Crippen molar-refractivity contribution in [3.8, 4) is 11.5 Å². The molecule has 1 aliphatic heterocycles. The van der Waals surface area contributed by atoms with E-state index in [4.69, 9.17) is 15.2 Å². The van der Waals surface area contributed by atoms with Crippen molar-refractivity contribution in [3.63, 3.8) is 0 Å². The van der Waals surface area contributed by atoms with Crippen molar-refractivity contribution in [2.24, 2.45) is 5.73 Å². The van der Waals surface area contributed by atoms with E-state index in [1.54, 1.807) is 47.6 Å². The molecule has 2 N–H and O–H groups in total. The number of amides is 2. The molecule has 2 aromatic heterocycles. The fourth-order valence-electron chi connectivity index (χ4n) is 4.21. The molecule has 0 aliphatic carbocycles. The molecule has 1 aliphatic rings. The van der Waals surface area contributed by atoms with Crippen LogP contribution in [-0.4, -0.2) is 46.9 Å². The van der Waals surface area contributed by atoms with Gasteiger partial charge in [0, 0.05) is 25.5 Å². The Morgan fingerprint density at radius 2 is 1.85 bits per heavy atom. The van der Waals surface area contributed by atoms with Crippen molar-refractivity contribution in [3.05, 3.63) is 83.9 Å². The Bertz CT molecular complexity index is 1120. The van der Waals surface area contributed by atoms with Crippen LogP contribution in [0.4, 0.5) is 0 Å². The second-order valence-corrected chi connectivity index (χ2v) is 7.94. The first kappa shape index (κ1) is 22.3. The first-order chi connectivity index (χ1) is 16.0. The minimum atomic E-state index is -1.04. The van der Waals surface area contributed by atoms with Gasteiger partial charge in [-0.25, -0.2) is 0 Å². The maximum absolute atomic E-state index is 13.6. The fourth-order valence-corrected chi connectivity index (χ4v) is 4.21. The summed E-state index contributed by atoms with van der Waals surface area (Å²) in [5.41, 5.74) is 6.47. The zero-order valence-corrected chi connectivity index (χ0v) is 18.4. The van der Waals surface area contributed by atoms with Crippen molar-refractivity contribution in [2.75, 3.05) is 20.2 Å². The lowest BCUT2D eigenvalue weighted by Crippen LogP contribution is -2.55. The quantitative estimate of drug-likeness (QED) is 0.598. The van der Waals surface area contributed by atoms with Crippen LogP contribution in [0.15, 0.2) is 67.0 Å². The minimum absolute atomic E-state index is 0.148. The molecule has 3 aromatic rings. The number of carbonyl (C=O) groups is 2. The molecule has 2 amide bonds. The van der Waals surface area contributed by atoms with E-state index in [9.17, 15) is 9.59 Å². The Hall–Kier alpha value is -3.94. The topological polar surface area (TPSA) is 108 Å². The number of primary amides is 1. The number of aromatic nitrogens is 2. The summed E-state index contributed by atoms with van der Waals surface area (Å²) >= 11 is 0. The van der Waals surface area contributed by atoms with Crippen LogP contribution in [-0.2, 0) is 16.8 Å². The van der Waals surface area contributed by atoms with Crippen LogP contribution >= 0.6 is 0 Å². The molecule has 0 bridgehead atoms. The standard InChI is InChI=1S/C25H26N4O4/c1-32-20-10-6-9-19(22(20)33-16-18-8-2-4-13-27-18)23(30)29-15-7-12-25(17-29,24(26)31)21-11-3-5-14-28-21/h2-6,8-11,13-14H,7,12,15-17H2,1H3,(H2,26,31). The summed E-state index contributed by atoms with van der Waals surface area (Å²) in [6, 6.07) is 16.1. The van der Waals surface area contributed by atoms with Gasteiger partial charge in [0.15, 0.2) is 11.5 Å². The van der Waals surface area contributed by atoms with Gasteiger partial charge in [0.05, 0.1) is 24.1 Å². The number of para-hydroxylation sites is 1. The molecule has 4 rings (SSSR count). The number of hydrogen-bond acceptors (Lipinski definition) is 6. The lowest BCUT2D eigenvalue weighted by molar-refractivity contribution is -0.125. The van der Waals surface area contributed by atoms with Crippen LogP contribution in [0, 0.1) is 0 Å². The Balaban J connectivity index is 1.64. The smallest absolute Gasteiger partial charge is 0.257 e. The average Bonchev–Trinajstić information content (AvgIpc) is 2.87. The molecule has 8 heteroatoms. The molecular formula is C25H26N4O4. The van der Waals surface area contributed by atoms with Crippen molar-refractivity contribution < 1.29 is 19.1 Å². The van der Waals surface area contributed by atoms with Crippen LogP contribution in [0.5, 0.6) is 11.5 Å². The van der Waals surface area contributed by atoms with Crippen LogP contribution < -0.4 is 15.2 Å². The lowest BCUT2D eigenvalue weighted by atomic mass is 9.76. The van der Waals surface area contributed by atoms with Gasteiger partial charge in [-0.2, -0.15) is 0 Å². The summed E-state index contributed by atoms with van der Waals surface area (Å²) in [7, 11) is 1.53. The van der Waals surface area contributed by atoms with Gasteiger partial charge in [0.2, 0.25) is 5.91 Å². The summed E-state index contributed by atoms with van der Waals surface area (Å²) in [5, 5.41) is 0. The van der Waals surface area contributed by atoms with Gasteiger partial charge in [-0.15, -0.1) is 0 Å². The zero-order valence-electron chi connectivity index (χ0n) is 18.4. The molecule has 1 fully saturated rings. The zero-order chi connectivity index (χ0) is 23.3. The number of ether oxygens (including phenoxy) is 2. The second kappa shape index (κ2) is 9.68. The third-order valence-electron chi connectivity index (χ3n) is 5.93. The monoisotopic (exact) mass is 446 g/mol. The first-order valence-electron chi connectivity index (χ1n) is 10.8. The van der Waals surface area contributed by atoms with Crippen LogP contribution in [0.25, 0.3) is 0 Å². The molecule has 1 unspecified atom stereocenters. The Morgan fingerprint density at radius 1 is 1.06 bits per heavy atom. The first-order valence-corrected chi connectivity index (χ1v) is 10.8. The highest BCUT2D eigenvalue weighted by atomic mass is 16.5. The third-order valence-corrected chi connectivity index (χ3v) is 5.93. The molecule has 170 valence electrons. The number of rotatable bonds is 7. The number of carbonyl (C=O) groups excluding carboxylic acids is 2. The predicted octanol–water partition coefficient (Wildman–Crippen LogP) is 2.72. The molecule has 1 saturated heterocycles. The number of pyridine rings is 2. The molecule has 33 heavy (non-hydrogen) atoms.